The molecule has 1 aromatic carbocycles. The lowest BCUT2D eigenvalue weighted by atomic mass is 9.81. The maximum Gasteiger partial charge on any atom is 0.410 e. The lowest BCUT2D eigenvalue weighted by Crippen LogP contribution is -2.42. The fourth-order valence-corrected chi connectivity index (χ4v) is 3.76. The van der Waals surface area contributed by atoms with Gasteiger partial charge in [0.1, 0.15) is 11.4 Å². The van der Waals surface area contributed by atoms with Crippen molar-refractivity contribution in [3.05, 3.63) is 33.1 Å². The molecule has 1 amide bonds. The number of hydrogen-bond acceptors (Lipinski definition) is 3. The zero-order chi connectivity index (χ0) is 17.9. The van der Waals surface area contributed by atoms with Crippen LogP contribution in [-0.4, -0.2) is 29.7 Å². The Hall–Kier alpha value is -1.36. The maximum atomic E-state index is 14.2. The van der Waals surface area contributed by atoms with Gasteiger partial charge in [-0.15, -0.1) is 0 Å². The first-order valence-corrected chi connectivity index (χ1v) is 9.12. The van der Waals surface area contributed by atoms with Crippen LogP contribution in [0.2, 0.25) is 0 Å². The van der Waals surface area contributed by atoms with Gasteiger partial charge in [0, 0.05) is 22.2 Å². The number of nitrogens with zero attached hydrogens (tertiary/aromatic N) is 2. The minimum atomic E-state index is -0.521. The molecule has 1 unspecified atom stereocenters. The van der Waals surface area contributed by atoms with Crippen molar-refractivity contribution in [3.63, 3.8) is 0 Å². The predicted octanol–water partition coefficient (Wildman–Crippen LogP) is 4.68. The number of benzene rings is 1. The second-order valence-corrected chi connectivity index (χ2v) is 8.21. The molecule has 0 saturated carbocycles. The van der Waals surface area contributed by atoms with Crippen LogP contribution in [0.1, 0.15) is 45.1 Å². The minimum Gasteiger partial charge on any atom is -0.444 e. The van der Waals surface area contributed by atoms with E-state index in [1.54, 1.807) is 11.0 Å². The lowest BCUT2D eigenvalue weighted by molar-refractivity contribution is 0.0179. The smallest absolute Gasteiger partial charge is 0.410 e. The number of ether oxygens (including phenoxy) is 1. The molecule has 6 heteroatoms. The van der Waals surface area contributed by atoms with Crippen molar-refractivity contribution >= 4 is 28.7 Å². The minimum absolute atomic E-state index is 0.0408. The highest BCUT2D eigenvalue weighted by molar-refractivity contribution is 14.1. The molecule has 0 bridgehead atoms. The van der Waals surface area contributed by atoms with Crippen LogP contribution < -0.4 is 0 Å². The Morgan fingerprint density at radius 2 is 2.04 bits per heavy atom. The van der Waals surface area contributed by atoms with Crippen LogP contribution in [0.25, 0.3) is 0 Å². The summed E-state index contributed by atoms with van der Waals surface area (Å²) in [5.74, 6) is -0.777. The average Bonchev–Trinajstić information content (AvgIpc) is 2.49. The summed E-state index contributed by atoms with van der Waals surface area (Å²) in [6.07, 6.45) is 1.01. The molecule has 1 aliphatic heterocycles. The number of carbonyl (C=O) groups excluding carboxylic acids is 1. The van der Waals surface area contributed by atoms with Gasteiger partial charge in [-0.05, 0) is 74.3 Å². The molecule has 0 aromatic heterocycles. The molecule has 2 rings (SSSR count). The Kier molecular flexibility index (Phi) is 6.07. The summed E-state index contributed by atoms with van der Waals surface area (Å²) in [7, 11) is 0. The molecule has 1 fully saturated rings. The summed E-state index contributed by atoms with van der Waals surface area (Å²) in [4.78, 5) is 13.8. The van der Waals surface area contributed by atoms with Crippen LogP contribution in [0, 0.1) is 26.6 Å². The molecule has 24 heavy (non-hydrogen) atoms. The van der Waals surface area contributed by atoms with Crippen molar-refractivity contribution in [1.82, 2.24) is 4.90 Å². The molecule has 1 saturated heterocycles. The molecule has 1 aliphatic rings. The van der Waals surface area contributed by atoms with Gasteiger partial charge in [-0.3, -0.25) is 0 Å². The van der Waals surface area contributed by atoms with Gasteiger partial charge >= 0.3 is 6.09 Å². The summed E-state index contributed by atoms with van der Waals surface area (Å²) in [5, 5.41) is 9.58. The van der Waals surface area contributed by atoms with E-state index in [1.807, 2.05) is 26.8 Å². The first kappa shape index (κ1) is 19.0. The molecule has 1 aromatic rings. The number of rotatable bonds is 2. The van der Waals surface area contributed by atoms with Gasteiger partial charge in [-0.1, -0.05) is 6.07 Å². The third-order valence-corrected chi connectivity index (χ3v) is 5.05. The summed E-state index contributed by atoms with van der Waals surface area (Å²) >= 11 is 2.07. The monoisotopic (exact) mass is 444 g/mol. The summed E-state index contributed by atoms with van der Waals surface area (Å²) < 4.78 is 20.3. The SMILES string of the molecule is CC(C)(C)OC(=O)N1CCC(C(C#N)c2c(F)cccc2I)CC1. The molecular weight excluding hydrogens is 422 g/mol. The predicted molar refractivity (Wildman–Crippen MR) is 98.0 cm³/mol. The number of amides is 1. The van der Waals surface area contributed by atoms with Crippen LogP contribution in [0.4, 0.5) is 9.18 Å². The first-order chi connectivity index (χ1) is 11.2. The summed E-state index contributed by atoms with van der Waals surface area (Å²) in [6, 6.07) is 7.14. The van der Waals surface area contributed by atoms with E-state index in [1.165, 1.54) is 6.07 Å². The van der Waals surface area contributed by atoms with Crippen molar-refractivity contribution < 1.29 is 13.9 Å². The van der Waals surface area contributed by atoms with Gasteiger partial charge in [0.2, 0.25) is 0 Å². The third-order valence-electron chi connectivity index (χ3n) is 4.11. The Morgan fingerprint density at radius 1 is 1.42 bits per heavy atom. The summed E-state index contributed by atoms with van der Waals surface area (Å²) in [5.41, 5.74) is -0.0387. The average molecular weight is 444 g/mol. The van der Waals surface area contributed by atoms with Crippen LogP contribution in [0.3, 0.4) is 0 Å². The van der Waals surface area contributed by atoms with Crippen molar-refractivity contribution in [2.24, 2.45) is 5.92 Å². The molecule has 1 atom stereocenters. The normalized spacial score (nSPS) is 17.2. The van der Waals surface area contributed by atoms with E-state index in [0.29, 0.717) is 31.5 Å². The number of carbonyl (C=O) groups is 1. The van der Waals surface area contributed by atoms with Gasteiger partial charge < -0.3 is 9.64 Å². The first-order valence-electron chi connectivity index (χ1n) is 8.04. The van der Waals surface area contributed by atoms with E-state index in [-0.39, 0.29) is 17.8 Å². The van der Waals surface area contributed by atoms with E-state index in [2.05, 4.69) is 28.7 Å². The highest BCUT2D eigenvalue weighted by atomic mass is 127. The fourth-order valence-electron chi connectivity index (χ4n) is 2.96. The molecule has 130 valence electrons. The highest BCUT2D eigenvalue weighted by Crippen LogP contribution is 2.36. The largest absolute Gasteiger partial charge is 0.444 e. The Labute approximate surface area is 156 Å². The number of hydrogen-bond donors (Lipinski definition) is 0. The molecular formula is C18H22FIN2O2. The van der Waals surface area contributed by atoms with E-state index >= 15 is 0 Å². The molecule has 0 N–H and O–H groups in total. The second-order valence-electron chi connectivity index (χ2n) is 7.05. The Morgan fingerprint density at radius 3 is 2.54 bits per heavy atom. The zero-order valence-corrected chi connectivity index (χ0v) is 16.3. The standard InChI is InChI=1S/C18H22FIN2O2/c1-18(2,3)24-17(23)22-9-7-12(8-10-22)13(11-21)16-14(19)5-4-6-15(16)20/h4-6,12-13H,7-10H2,1-3H3. The van der Waals surface area contributed by atoms with Crippen LogP contribution in [-0.2, 0) is 4.74 Å². The van der Waals surface area contributed by atoms with E-state index in [9.17, 15) is 14.4 Å². The molecule has 0 radical (unpaired) electrons. The van der Waals surface area contributed by atoms with Gasteiger partial charge in [0.05, 0.1) is 12.0 Å². The summed E-state index contributed by atoms with van der Waals surface area (Å²) in [6.45, 7) is 6.57. The van der Waals surface area contributed by atoms with Crippen molar-refractivity contribution in [2.45, 2.75) is 45.1 Å². The van der Waals surface area contributed by atoms with Gasteiger partial charge in [-0.25, -0.2) is 9.18 Å². The molecule has 4 nitrogen and oxygen atoms in total. The molecule has 0 spiro atoms. The van der Waals surface area contributed by atoms with E-state index in [4.69, 9.17) is 4.74 Å². The number of halogens is 2. The number of nitriles is 1. The third kappa shape index (κ3) is 4.59. The van der Waals surface area contributed by atoms with Crippen molar-refractivity contribution in [1.29, 1.82) is 5.26 Å². The maximum absolute atomic E-state index is 14.2. The Balaban J connectivity index is 2.05. The molecule has 0 aliphatic carbocycles. The second kappa shape index (κ2) is 7.68. The Bertz CT molecular complexity index is 623. The van der Waals surface area contributed by atoms with Gasteiger partial charge in [-0.2, -0.15) is 5.26 Å². The highest BCUT2D eigenvalue weighted by Gasteiger charge is 2.33. The van der Waals surface area contributed by atoms with Crippen molar-refractivity contribution in [2.75, 3.05) is 13.1 Å². The number of likely N-dealkylation sites (tertiary alicyclic amines) is 1. The van der Waals surface area contributed by atoms with Gasteiger partial charge in [0.25, 0.3) is 0 Å². The van der Waals surface area contributed by atoms with Crippen LogP contribution >= 0.6 is 22.6 Å². The van der Waals surface area contributed by atoms with Crippen molar-refractivity contribution in [3.8, 4) is 6.07 Å². The van der Waals surface area contributed by atoms with Crippen LogP contribution in [0.5, 0.6) is 0 Å². The topological polar surface area (TPSA) is 53.3 Å². The number of piperidine rings is 1. The van der Waals surface area contributed by atoms with Crippen LogP contribution in [0.15, 0.2) is 18.2 Å². The molecule has 1 heterocycles. The van der Waals surface area contributed by atoms with E-state index in [0.717, 1.165) is 3.57 Å². The quantitative estimate of drug-likeness (QED) is 0.623. The van der Waals surface area contributed by atoms with E-state index < -0.39 is 11.5 Å². The zero-order valence-electron chi connectivity index (χ0n) is 14.2. The fraction of sp³-hybridized carbons (Fsp3) is 0.556. The lowest BCUT2D eigenvalue weighted by Gasteiger charge is -2.35. The van der Waals surface area contributed by atoms with Gasteiger partial charge in [0.15, 0.2) is 0 Å².